The van der Waals surface area contributed by atoms with Crippen LogP contribution in [0, 0.1) is 0 Å². The molecule has 5 nitrogen and oxygen atoms in total. The van der Waals surface area contributed by atoms with Gasteiger partial charge in [-0.1, -0.05) is 6.92 Å². The second-order valence-corrected chi connectivity index (χ2v) is 5.75. The largest absolute Gasteiger partial charge is 0.383 e. The molecule has 1 atom stereocenters. The highest BCUT2D eigenvalue weighted by atomic mass is 79.9. The van der Waals surface area contributed by atoms with Crippen molar-refractivity contribution in [3.63, 3.8) is 0 Å². The summed E-state index contributed by atoms with van der Waals surface area (Å²) in [4.78, 5) is 13.7. The molecule has 2 aromatic heterocycles. The number of nitrogens with zero attached hydrogens (tertiary/aromatic N) is 3. The van der Waals surface area contributed by atoms with Crippen LogP contribution in [0.1, 0.15) is 29.8 Å². The molecule has 0 radical (unpaired) electrons. The summed E-state index contributed by atoms with van der Waals surface area (Å²) >= 11 is 5.08. The second-order valence-electron chi connectivity index (χ2n) is 3.81. The lowest BCUT2D eigenvalue weighted by Crippen LogP contribution is -2.09. The molecule has 0 saturated heterocycles. The minimum absolute atomic E-state index is 0.0842. The topological polar surface area (TPSA) is 76.7 Å². The van der Waals surface area contributed by atoms with Crippen LogP contribution in [0.4, 0.5) is 11.6 Å². The molecule has 7 heteroatoms. The molecule has 0 aliphatic carbocycles. The van der Waals surface area contributed by atoms with Crippen LogP contribution in [-0.2, 0) is 6.42 Å². The minimum Gasteiger partial charge on any atom is -0.383 e. The predicted molar refractivity (Wildman–Crippen MR) is 77.7 cm³/mol. The predicted octanol–water partition coefficient (Wildman–Crippen LogP) is 3.01. The minimum atomic E-state index is 0.0842. The Morgan fingerprint density at radius 3 is 2.89 bits per heavy atom. The van der Waals surface area contributed by atoms with Crippen LogP contribution in [0.2, 0.25) is 0 Å². The first-order chi connectivity index (χ1) is 8.61. The van der Waals surface area contributed by atoms with Gasteiger partial charge in [0.25, 0.3) is 0 Å². The fourth-order valence-electron chi connectivity index (χ4n) is 1.44. The van der Waals surface area contributed by atoms with Gasteiger partial charge in [0, 0.05) is 11.1 Å². The summed E-state index contributed by atoms with van der Waals surface area (Å²) in [6.07, 6.45) is 4.37. The van der Waals surface area contributed by atoms with E-state index in [1.807, 2.05) is 13.1 Å². The van der Waals surface area contributed by atoms with Gasteiger partial charge in [0.2, 0.25) is 0 Å². The lowest BCUT2D eigenvalue weighted by atomic mass is 10.3. The molecule has 3 N–H and O–H groups in total. The average molecular weight is 328 g/mol. The molecule has 18 heavy (non-hydrogen) atoms. The number of aromatic nitrogens is 3. The third-order valence-corrected chi connectivity index (χ3v) is 4.57. The van der Waals surface area contributed by atoms with Crippen LogP contribution in [-0.4, -0.2) is 15.0 Å². The van der Waals surface area contributed by atoms with Gasteiger partial charge < -0.3 is 11.1 Å². The maximum atomic E-state index is 5.71. The van der Waals surface area contributed by atoms with Crippen LogP contribution in [0.3, 0.4) is 0 Å². The van der Waals surface area contributed by atoms with Crippen molar-refractivity contribution in [2.75, 3.05) is 11.1 Å². The van der Waals surface area contributed by atoms with Gasteiger partial charge in [0.1, 0.15) is 27.4 Å². The Morgan fingerprint density at radius 2 is 2.22 bits per heavy atom. The van der Waals surface area contributed by atoms with Crippen LogP contribution in [0.15, 0.2) is 17.0 Å². The Labute approximate surface area is 118 Å². The summed E-state index contributed by atoms with van der Waals surface area (Å²) in [6, 6.07) is 0.0842. The van der Waals surface area contributed by atoms with Gasteiger partial charge in [-0.3, -0.25) is 0 Å². The zero-order valence-corrected chi connectivity index (χ0v) is 12.5. The first kappa shape index (κ1) is 13.2. The van der Waals surface area contributed by atoms with E-state index in [1.54, 1.807) is 11.3 Å². The Bertz CT molecular complexity index is 542. The average Bonchev–Trinajstić information content (AvgIpc) is 2.83. The van der Waals surface area contributed by atoms with E-state index in [0.717, 1.165) is 11.4 Å². The van der Waals surface area contributed by atoms with E-state index in [9.17, 15) is 0 Å². The molecule has 1 unspecified atom stereocenters. The van der Waals surface area contributed by atoms with Crippen molar-refractivity contribution in [3.05, 3.63) is 26.9 Å². The monoisotopic (exact) mass is 327 g/mol. The zero-order valence-electron chi connectivity index (χ0n) is 10.1. The standard InChI is InChI=1S/C11H14BrN5S/c1-3-7-4-14-11(18-7)6(2)17-10-8(12)9(13)15-5-16-10/h4-6H,3H2,1-2H3,(H3,13,15,16,17). The van der Waals surface area contributed by atoms with E-state index in [1.165, 1.54) is 11.2 Å². The van der Waals surface area contributed by atoms with Crippen LogP contribution >= 0.6 is 27.3 Å². The highest BCUT2D eigenvalue weighted by Gasteiger charge is 2.13. The van der Waals surface area contributed by atoms with Crippen molar-refractivity contribution >= 4 is 38.9 Å². The third kappa shape index (κ3) is 2.78. The number of hydrogen-bond donors (Lipinski definition) is 2. The van der Waals surface area contributed by atoms with Crippen molar-refractivity contribution in [2.24, 2.45) is 0 Å². The Balaban J connectivity index is 2.15. The molecule has 0 aromatic carbocycles. The molecule has 0 saturated carbocycles. The molecule has 0 aliphatic heterocycles. The smallest absolute Gasteiger partial charge is 0.146 e. The quantitative estimate of drug-likeness (QED) is 0.902. The van der Waals surface area contributed by atoms with Crippen LogP contribution < -0.4 is 11.1 Å². The second kappa shape index (κ2) is 5.62. The highest BCUT2D eigenvalue weighted by Crippen LogP contribution is 2.29. The number of halogens is 1. The lowest BCUT2D eigenvalue weighted by Gasteiger charge is -2.13. The number of nitrogen functional groups attached to an aromatic ring is 1. The summed E-state index contributed by atoms with van der Waals surface area (Å²) in [5.41, 5.74) is 5.71. The number of nitrogens with two attached hydrogens (primary N) is 1. The first-order valence-corrected chi connectivity index (χ1v) is 7.19. The fraction of sp³-hybridized carbons (Fsp3) is 0.364. The van der Waals surface area contributed by atoms with E-state index < -0.39 is 0 Å². The Morgan fingerprint density at radius 1 is 1.44 bits per heavy atom. The number of anilines is 2. The molecule has 0 bridgehead atoms. The first-order valence-electron chi connectivity index (χ1n) is 5.59. The van der Waals surface area contributed by atoms with Crippen molar-refractivity contribution in [1.82, 2.24) is 15.0 Å². The number of aryl methyl sites for hydroxylation is 1. The summed E-state index contributed by atoms with van der Waals surface area (Å²) in [5, 5.41) is 4.31. The van der Waals surface area contributed by atoms with Gasteiger partial charge in [0.05, 0.1) is 6.04 Å². The van der Waals surface area contributed by atoms with E-state index in [4.69, 9.17) is 5.73 Å². The van der Waals surface area contributed by atoms with Crippen molar-refractivity contribution in [2.45, 2.75) is 26.3 Å². The SMILES string of the molecule is CCc1cnc(C(C)Nc2ncnc(N)c2Br)s1. The maximum absolute atomic E-state index is 5.71. The summed E-state index contributed by atoms with van der Waals surface area (Å²) in [7, 11) is 0. The Hall–Kier alpha value is -1.21. The molecule has 2 rings (SSSR count). The fourth-order valence-corrected chi connectivity index (χ4v) is 2.62. The van der Waals surface area contributed by atoms with E-state index in [0.29, 0.717) is 16.1 Å². The number of rotatable bonds is 4. The van der Waals surface area contributed by atoms with Gasteiger partial charge >= 0.3 is 0 Å². The molecule has 0 spiro atoms. The third-order valence-electron chi connectivity index (χ3n) is 2.46. The molecule has 2 aromatic rings. The van der Waals surface area contributed by atoms with E-state index in [-0.39, 0.29) is 6.04 Å². The number of thiazole rings is 1. The zero-order chi connectivity index (χ0) is 13.1. The normalized spacial score (nSPS) is 12.4. The molecular weight excluding hydrogens is 314 g/mol. The Kier molecular flexibility index (Phi) is 4.13. The van der Waals surface area contributed by atoms with Crippen LogP contribution in [0.5, 0.6) is 0 Å². The summed E-state index contributed by atoms with van der Waals surface area (Å²) in [6.45, 7) is 4.17. The van der Waals surface area contributed by atoms with Crippen LogP contribution in [0.25, 0.3) is 0 Å². The lowest BCUT2D eigenvalue weighted by molar-refractivity contribution is 0.857. The molecule has 0 aliphatic rings. The highest BCUT2D eigenvalue weighted by molar-refractivity contribution is 9.10. The van der Waals surface area contributed by atoms with Gasteiger partial charge in [-0.25, -0.2) is 15.0 Å². The summed E-state index contributed by atoms with van der Waals surface area (Å²) < 4.78 is 0.684. The van der Waals surface area contributed by atoms with Crippen molar-refractivity contribution in [1.29, 1.82) is 0 Å². The molecular formula is C11H14BrN5S. The number of nitrogens with one attached hydrogen (secondary N) is 1. The van der Waals surface area contributed by atoms with Crippen molar-refractivity contribution < 1.29 is 0 Å². The van der Waals surface area contributed by atoms with Gasteiger partial charge in [0.15, 0.2) is 0 Å². The van der Waals surface area contributed by atoms with Gasteiger partial charge in [-0.05, 0) is 29.3 Å². The summed E-state index contributed by atoms with van der Waals surface area (Å²) in [5.74, 6) is 1.11. The number of hydrogen-bond acceptors (Lipinski definition) is 6. The van der Waals surface area contributed by atoms with Gasteiger partial charge in [-0.2, -0.15) is 0 Å². The van der Waals surface area contributed by atoms with Gasteiger partial charge in [-0.15, -0.1) is 11.3 Å². The molecule has 0 amide bonds. The molecule has 0 fully saturated rings. The molecule has 2 heterocycles. The maximum Gasteiger partial charge on any atom is 0.146 e. The van der Waals surface area contributed by atoms with E-state index in [2.05, 4.69) is 43.1 Å². The van der Waals surface area contributed by atoms with E-state index >= 15 is 0 Å². The molecule has 96 valence electrons. The van der Waals surface area contributed by atoms with Crippen molar-refractivity contribution in [3.8, 4) is 0 Å².